The van der Waals surface area contributed by atoms with Crippen LogP contribution in [-0.2, 0) is 15.4 Å². The SMILES string of the molecule is CC(C)(C)Nc1nccc(-c2sc(C(C)(C)C)nc2-c2cccc(NS(=O)(=O)c3c(F)cccc3F)c2F)n1. The topological polar surface area (TPSA) is 96.9 Å². The minimum atomic E-state index is -4.79. The second-order valence-corrected chi connectivity index (χ2v) is 13.5. The van der Waals surface area contributed by atoms with E-state index in [1.54, 1.807) is 12.3 Å². The summed E-state index contributed by atoms with van der Waals surface area (Å²) >= 11 is 1.34. The highest BCUT2D eigenvalue weighted by Gasteiger charge is 2.28. The van der Waals surface area contributed by atoms with E-state index in [9.17, 15) is 17.2 Å². The lowest BCUT2D eigenvalue weighted by molar-refractivity contribution is 0.521. The molecule has 4 aromatic rings. The Morgan fingerprint density at radius 2 is 1.51 bits per heavy atom. The van der Waals surface area contributed by atoms with Crippen LogP contribution in [0.1, 0.15) is 46.6 Å². The number of nitrogens with one attached hydrogen (secondary N) is 2. The molecule has 0 fully saturated rings. The van der Waals surface area contributed by atoms with Crippen molar-refractivity contribution in [3.8, 4) is 21.8 Å². The first kappa shape index (κ1) is 28.5. The van der Waals surface area contributed by atoms with E-state index >= 15 is 4.39 Å². The standard InChI is InChI=1S/C27H28F3N5O2S2/c1-26(2,3)24-33-21(22(38-24)19-13-14-31-25(32-19)34-27(4,5)6)15-9-7-12-18(20(15)30)35-39(36,37)23-16(28)10-8-11-17(23)29/h7-14,35H,1-6H3,(H,31,32,34). The van der Waals surface area contributed by atoms with E-state index < -0.39 is 38.1 Å². The molecule has 2 N–H and O–H groups in total. The Morgan fingerprint density at radius 1 is 0.872 bits per heavy atom. The number of thiazole rings is 1. The molecule has 0 saturated heterocycles. The van der Waals surface area contributed by atoms with Crippen molar-refractivity contribution in [3.63, 3.8) is 0 Å². The van der Waals surface area contributed by atoms with Crippen LogP contribution in [0.3, 0.4) is 0 Å². The molecular formula is C27H28F3N5O2S2. The summed E-state index contributed by atoms with van der Waals surface area (Å²) in [6.45, 7) is 11.8. The molecule has 0 bridgehead atoms. The predicted molar refractivity (Wildman–Crippen MR) is 148 cm³/mol. The summed E-state index contributed by atoms with van der Waals surface area (Å²) in [7, 11) is -4.79. The molecule has 0 saturated carbocycles. The van der Waals surface area contributed by atoms with E-state index in [4.69, 9.17) is 4.98 Å². The molecule has 2 aromatic heterocycles. The molecule has 206 valence electrons. The molecule has 0 atom stereocenters. The van der Waals surface area contributed by atoms with Gasteiger partial charge in [0.1, 0.15) is 11.6 Å². The maximum Gasteiger partial charge on any atom is 0.267 e. The monoisotopic (exact) mass is 575 g/mol. The Bertz CT molecular complexity index is 1620. The Balaban J connectivity index is 1.84. The summed E-state index contributed by atoms with van der Waals surface area (Å²) in [6.07, 6.45) is 1.58. The third-order valence-electron chi connectivity index (χ3n) is 5.33. The summed E-state index contributed by atoms with van der Waals surface area (Å²) in [6, 6.07) is 8.40. The van der Waals surface area contributed by atoms with Crippen LogP contribution in [-0.4, -0.2) is 28.9 Å². The first-order valence-corrected chi connectivity index (χ1v) is 14.3. The molecule has 0 radical (unpaired) electrons. The fourth-order valence-electron chi connectivity index (χ4n) is 3.61. The molecule has 0 aliphatic carbocycles. The maximum atomic E-state index is 15.9. The predicted octanol–water partition coefficient (Wildman–Crippen LogP) is 6.99. The molecule has 0 aliphatic heterocycles. The van der Waals surface area contributed by atoms with E-state index in [1.807, 2.05) is 46.3 Å². The molecule has 2 heterocycles. The first-order valence-electron chi connectivity index (χ1n) is 12.0. The normalized spacial score (nSPS) is 12.4. The zero-order valence-corrected chi connectivity index (χ0v) is 23.9. The largest absolute Gasteiger partial charge is 0.350 e. The number of rotatable bonds is 6. The van der Waals surface area contributed by atoms with Gasteiger partial charge in [0.15, 0.2) is 10.7 Å². The summed E-state index contributed by atoms with van der Waals surface area (Å²) in [5, 5.41) is 3.91. The van der Waals surface area contributed by atoms with Crippen molar-refractivity contribution >= 4 is 33.0 Å². The van der Waals surface area contributed by atoms with Gasteiger partial charge in [0, 0.05) is 22.7 Å². The highest BCUT2D eigenvalue weighted by molar-refractivity contribution is 7.92. The average Bonchev–Trinajstić information content (AvgIpc) is 3.25. The lowest BCUT2D eigenvalue weighted by atomic mass is 9.98. The van der Waals surface area contributed by atoms with Gasteiger partial charge in [-0.2, -0.15) is 0 Å². The summed E-state index contributed by atoms with van der Waals surface area (Å²) in [5.41, 5.74) is -0.422. The lowest BCUT2D eigenvalue weighted by Gasteiger charge is -2.20. The molecular weight excluding hydrogens is 547 g/mol. The van der Waals surface area contributed by atoms with Crippen molar-refractivity contribution in [3.05, 3.63) is 71.1 Å². The van der Waals surface area contributed by atoms with E-state index in [1.165, 1.54) is 29.5 Å². The van der Waals surface area contributed by atoms with Gasteiger partial charge in [-0.1, -0.05) is 32.9 Å². The van der Waals surface area contributed by atoms with Crippen molar-refractivity contribution in [1.82, 2.24) is 15.0 Å². The van der Waals surface area contributed by atoms with Crippen molar-refractivity contribution in [1.29, 1.82) is 0 Å². The second kappa shape index (κ2) is 10.2. The Labute approximate surface area is 229 Å². The number of anilines is 2. The fourth-order valence-corrected chi connectivity index (χ4v) is 5.91. The minimum absolute atomic E-state index is 0.00472. The Morgan fingerprint density at radius 3 is 2.13 bits per heavy atom. The van der Waals surface area contributed by atoms with Crippen LogP contribution in [0.4, 0.5) is 24.8 Å². The third kappa shape index (κ3) is 6.22. The summed E-state index contributed by atoms with van der Waals surface area (Å²) < 4.78 is 72.0. The molecule has 0 aliphatic rings. The molecule has 39 heavy (non-hydrogen) atoms. The van der Waals surface area contributed by atoms with E-state index in [0.29, 0.717) is 21.5 Å². The van der Waals surface area contributed by atoms with E-state index in [-0.39, 0.29) is 22.2 Å². The molecule has 2 aromatic carbocycles. The van der Waals surface area contributed by atoms with Gasteiger partial charge in [0.2, 0.25) is 5.95 Å². The molecule has 0 amide bonds. The number of hydrogen-bond acceptors (Lipinski definition) is 7. The third-order valence-corrected chi connectivity index (χ3v) is 8.25. The number of benzene rings is 2. The van der Waals surface area contributed by atoms with E-state index in [2.05, 4.69) is 15.3 Å². The minimum Gasteiger partial charge on any atom is -0.350 e. The van der Waals surface area contributed by atoms with Crippen LogP contribution in [0.25, 0.3) is 21.8 Å². The number of aromatic nitrogens is 3. The van der Waals surface area contributed by atoms with Gasteiger partial charge >= 0.3 is 0 Å². The molecule has 12 heteroatoms. The van der Waals surface area contributed by atoms with Crippen LogP contribution in [0, 0.1) is 17.5 Å². The fraction of sp³-hybridized carbons (Fsp3) is 0.296. The quantitative estimate of drug-likeness (QED) is 0.257. The molecule has 0 unspecified atom stereocenters. The maximum absolute atomic E-state index is 15.9. The summed E-state index contributed by atoms with van der Waals surface area (Å²) in [4.78, 5) is 13.0. The van der Waals surface area contributed by atoms with Gasteiger partial charge in [-0.3, -0.25) is 4.72 Å². The highest BCUT2D eigenvalue weighted by atomic mass is 32.2. The van der Waals surface area contributed by atoms with Crippen LogP contribution in [0.2, 0.25) is 0 Å². The second-order valence-electron chi connectivity index (χ2n) is 10.9. The molecule has 0 spiro atoms. The van der Waals surface area contributed by atoms with Gasteiger partial charge in [-0.15, -0.1) is 11.3 Å². The zero-order chi connectivity index (χ0) is 28.8. The number of sulfonamides is 1. The van der Waals surface area contributed by atoms with Gasteiger partial charge in [0.25, 0.3) is 10.0 Å². The van der Waals surface area contributed by atoms with Crippen molar-refractivity contribution in [2.45, 2.75) is 57.4 Å². The Kier molecular flexibility index (Phi) is 7.48. The highest BCUT2D eigenvalue weighted by Crippen LogP contribution is 2.42. The summed E-state index contributed by atoms with van der Waals surface area (Å²) in [5.74, 6) is -3.16. The average molecular weight is 576 g/mol. The number of halogens is 3. The number of nitrogens with zero attached hydrogens (tertiary/aromatic N) is 3. The van der Waals surface area contributed by atoms with Crippen LogP contribution < -0.4 is 10.0 Å². The smallest absolute Gasteiger partial charge is 0.267 e. The van der Waals surface area contributed by atoms with Crippen molar-refractivity contribution in [2.75, 3.05) is 10.0 Å². The van der Waals surface area contributed by atoms with Crippen molar-refractivity contribution in [2.24, 2.45) is 0 Å². The molecule has 7 nitrogen and oxygen atoms in total. The van der Waals surface area contributed by atoms with Gasteiger partial charge in [0.05, 0.1) is 27.0 Å². The van der Waals surface area contributed by atoms with Crippen LogP contribution in [0.15, 0.2) is 53.6 Å². The van der Waals surface area contributed by atoms with Crippen LogP contribution in [0.5, 0.6) is 0 Å². The Hall–Kier alpha value is -3.51. The molecule has 4 rings (SSSR count). The van der Waals surface area contributed by atoms with Crippen molar-refractivity contribution < 1.29 is 21.6 Å². The first-order chi connectivity index (χ1) is 18.1. The number of hydrogen-bond donors (Lipinski definition) is 2. The lowest BCUT2D eigenvalue weighted by Crippen LogP contribution is -2.27. The van der Waals surface area contributed by atoms with Crippen LogP contribution >= 0.6 is 11.3 Å². The van der Waals surface area contributed by atoms with E-state index in [0.717, 1.165) is 18.2 Å². The van der Waals surface area contributed by atoms with Gasteiger partial charge < -0.3 is 5.32 Å². The zero-order valence-electron chi connectivity index (χ0n) is 22.2. The van der Waals surface area contributed by atoms with Gasteiger partial charge in [-0.05, 0) is 51.1 Å². The van der Waals surface area contributed by atoms with Gasteiger partial charge in [-0.25, -0.2) is 36.5 Å².